The van der Waals surface area contributed by atoms with Crippen molar-refractivity contribution in [3.63, 3.8) is 0 Å². The third-order valence-corrected chi connectivity index (χ3v) is 4.05. The van der Waals surface area contributed by atoms with Crippen molar-refractivity contribution in [1.82, 2.24) is 0 Å². The van der Waals surface area contributed by atoms with Gasteiger partial charge in [0.05, 0.1) is 0 Å². The van der Waals surface area contributed by atoms with E-state index in [2.05, 4.69) is 54.6 Å². The lowest BCUT2D eigenvalue weighted by Crippen LogP contribution is -2.17. The maximum absolute atomic E-state index is 6.20. The molecule has 102 valence electrons. The minimum absolute atomic E-state index is 0.0222. The Morgan fingerprint density at radius 3 is 2.38 bits per heavy atom. The number of benzene rings is 2. The fraction of sp³-hybridized carbons (Fsp3) is 0.100. The quantitative estimate of drug-likeness (QED) is 0.751. The van der Waals surface area contributed by atoms with Crippen LogP contribution in [0.2, 0.25) is 0 Å². The first-order valence-electron chi connectivity index (χ1n) is 7.29. The molecule has 0 fully saturated rings. The van der Waals surface area contributed by atoms with Crippen molar-refractivity contribution in [2.24, 2.45) is 0 Å². The first kappa shape index (κ1) is 12.2. The minimum atomic E-state index is -0.0222. The van der Waals surface area contributed by atoms with Crippen LogP contribution in [0.3, 0.4) is 0 Å². The fourth-order valence-electron chi connectivity index (χ4n) is 3.06. The molecule has 0 aromatic heterocycles. The Kier molecular flexibility index (Phi) is 2.97. The molecule has 0 spiro atoms. The van der Waals surface area contributed by atoms with Crippen molar-refractivity contribution in [3.8, 4) is 5.75 Å². The summed E-state index contributed by atoms with van der Waals surface area (Å²) >= 11 is 0. The summed E-state index contributed by atoms with van der Waals surface area (Å²) in [5.74, 6) is 1.27. The molecule has 0 saturated carbocycles. The number of para-hydroxylation sites is 1. The van der Waals surface area contributed by atoms with Crippen LogP contribution in [-0.2, 0) is 0 Å². The molecular formula is C20H16O. The van der Waals surface area contributed by atoms with Crippen LogP contribution in [0, 0.1) is 0 Å². The standard InChI is InChI=1S/C20H16O/c1-2-9-16(10-3-1)21-20-14-15-8-4-5-11-17(15)18-12-6-7-13-19(18)20/h1-14,17,20H. The van der Waals surface area contributed by atoms with E-state index in [0.717, 1.165) is 5.75 Å². The molecule has 2 aliphatic carbocycles. The van der Waals surface area contributed by atoms with Crippen molar-refractivity contribution in [2.75, 3.05) is 0 Å². The summed E-state index contributed by atoms with van der Waals surface area (Å²) in [6.45, 7) is 0. The smallest absolute Gasteiger partial charge is 0.143 e. The molecule has 2 unspecified atom stereocenters. The van der Waals surface area contributed by atoms with Crippen LogP contribution >= 0.6 is 0 Å². The van der Waals surface area contributed by atoms with Crippen molar-refractivity contribution in [3.05, 3.63) is 102 Å². The Hall–Kier alpha value is -2.54. The SMILES string of the molecule is C1=CC2=CC(Oc3ccccc3)c3ccccc3C2C=C1. The third kappa shape index (κ3) is 2.21. The summed E-state index contributed by atoms with van der Waals surface area (Å²) in [7, 11) is 0. The lowest BCUT2D eigenvalue weighted by molar-refractivity contribution is 0.250. The Labute approximate surface area is 124 Å². The van der Waals surface area contributed by atoms with Gasteiger partial charge in [0, 0.05) is 11.5 Å². The monoisotopic (exact) mass is 272 g/mol. The van der Waals surface area contributed by atoms with Crippen LogP contribution < -0.4 is 4.74 Å². The Bertz CT molecular complexity index is 737. The van der Waals surface area contributed by atoms with Crippen LogP contribution in [0.25, 0.3) is 0 Å². The molecular weight excluding hydrogens is 256 g/mol. The number of ether oxygens (including phenoxy) is 1. The summed E-state index contributed by atoms with van der Waals surface area (Å²) in [5.41, 5.74) is 3.92. The van der Waals surface area contributed by atoms with Crippen LogP contribution in [0.15, 0.2) is 90.6 Å². The topological polar surface area (TPSA) is 9.23 Å². The molecule has 1 heteroatoms. The molecule has 0 amide bonds. The highest BCUT2D eigenvalue weighted by atomic mass is 16.5. The van der Waals surface area contributed by atoms with Crippen LogP contribution in [0.4, 0.5) is 0 Å². The van der Waals surface area contributed by atoms with Gasteiger partial charge < -0.3 is 4.74 Å². The average Bonchev–Trinajstić information content (AvgIpc) is 2.56. The molecule has 2 aromatic rings. The molecule has 4 rings (SSSR count). The molecule has 2 aromatic carbocycles. The van der Waals surface area contributed by atoms with E-state index in [0.29, 0.717) is 5.92 Å². The highest BCUT2D eigenvalue weighted by Gasteiger charge is 2.27. The fourth-order valence-corrected chi connectivity index (χ4v) is 3.06. The second-order valence-electron chi connectivity index (χ2n) is 5.37. The number of fused-ring (bicyclic) bond motifs is 3. The van der Waals surface area contributed by atoms with Crippen molar-refractivity contribution in [1.29, 1.82) is 0 Å². The molecule has 0 N–H and O–H groups in total. The van der Waals surface area contributed by atoms with Gasteiger partial charge in [-0.25, -0.2) is 0 Å². The van der Waals surface area contributed by atoms with Gasteiger partial charge in [-0.15, -0.1) is 0 Å². The molecule has 0 aliphatic heterocycles. The zero-order chi connectivity index (χ0) is 14.1. The van der Waals surface area contributed by atoms with E-state index in [1.807, 2.05) is 30.3 Å². The molecule has 0 saturated heterocycles. The lowest BCUT2D eigenvalue weighted by atomic mass is 9.79. The van der Waals surface area contributed by atoms with Gasteiger partial charge in [-0.05, 0) is 29.3 Å². The minimum Gasteiger partial charge on any atom is -0.482 e. The maximum Gasteiger partial charge on any atom is 0.143 e. The Morgan fingerprint density at radius 2 is 1.52 bits per heavy atom. The van der Waals surface area contributed by atoms with E-state index in [1.165, 1.54) is 16.7 Å². The van der Waals surface area contributed by atoms with E-state index in [9.17, 15) is 0 Å². The lowest BCUT2D eigenvalue weighted by Gasteiger charge is -2.30. The van der Waals surface area contributed by atoms with E-state index >= 15 is 0 Å². The van der Waals surface area contributed by atoms with Crippen molar-refractivity contribution in [2.45, 2.75) is 12.0 Å². The largest absolute Gasteiger partial charge is 0.482 e. The van der Waals surface area contributed by atoms with Crippen LogP contribution in [-0.4, -0.2) is 0 Å². The summed E-state index contributed by atoms with van der Waals surface area (Å²) in [6, 6.07) is 18.6. The summed E-state index contributed by atoms with van der Waals surface area (Å²) in [4.78, 5) is 0. The first-order chi connectivity index (χ1) is 10.4. The predicted molar refractivity (Wildman–Crippen MR) is 85.4 cm³/mol. The summed E-state index contributed by atoms with van der Waals surface area (Å²) < 4.78 is 6.20. The zero-order valence-electron chi connectivity index (χ0n) is 11.6. The van der Waals surface area contributed by atoms with Gasteiger partial charge in [-0.3, -0.25) is 0 Å². The number of allylic oxidation sites excluding steroid dienone is 5. The zero-order valence-corrected chi connectivity index (χ0v) is 11.6. The molecule has 0 bridgehead atoms. The van der Waals surface area contributed by atoms with Gasteiger partial charge >= 0.3 is 0 Å². The van der Waals surface area contributed by atoms with Crippen LogP contribution in [0.1, 0.15) is 23.1 Å². The van der Waals surface area contributed by atoms with Gasteiger partial charge in [-0.2, -0.15) is 0 Å². The highest BCUT2D eigenvalue weighted by molar-refractivity contribution is 5.52. The highest BCUT2D eigenvalue weighted by Crippen LogP contribution is 2.41. The van der Waals surface area contributed by atoms with E-state index in [-0.39, 0.29) is 6.10 Å². The summed E-state index contributed by atoms with van der Waals surface area (Å²) in [5, 5.41) is 0. The van der Waals surface area contributed by atoms with Gasteiger partial charge in [-0.1, -0.05) is 66.8 Å². The van der Waals surface area contributed by atoms with Gasteiger partial charge in [0.15, 0.2) is 0 Å². The molecule has 21 heavy (non-hydrogen) atoms. The van der Waals surface area contributed by atoms with Gasteiger partial charge in [0.1, 0.15) is 11.9 Å². The second-order valence-corrected chi connectivity index (χ2v) is 5.37. The van der Waals surface area contributed by atoms with E-state index < -0.39 is 0 Å². The normalized spacial score (nSPS) is 22.2. The Morgan fingerprint density at radius 1 is 0.762 bits per heavy atom. The number of rotatable bonds is 2. The van der Waals surface area contributed by atoms with E-state index in [4.69, 9.17) is 4.74 Å². The molecule has 2 atom stereocenters. The predicted octanol–water partition coefficient (Wildman–Crippen LogP) is 4.96. The number of hydrogen-bond acceptors (Lipinski definition) is 1. The van der Waals surface area contributed by atoms with Crippen molar-refractivity contribution < 1.29 is 4.74 Å². The summed E-state index contributed by atoms with van der Waals surface area (Å²) in [6.07, 6.45) is 10.9. The molecule has 0 heterocycles. The molecule has 0 radical (unpaired) electrons. The Balaban J connectivity index is 1.76. The maximum atomic E-state index is 6.20. The second kappa shape index (κ2) is 5.10. The first-order valence-corrected chi connectivity index (χ1v) is 7.29. The molecule has 1 nitrogen and oxygen atoms in total. The van der Waals surface area contributed by atoms with Gasteiger partial charge in [0.2, 0.25) is 0 Å². The average molecular weight is 272 g/mol. The third-order valence-electron chi connectivity index (χ3n) is 4.05. The van der Waals surface area contributed by atoms with E-state index in [1.54, 1.807) is 0 Å². The number of hydrogen-bond donors (Lipinski definition) is 0. The van der Waals surface area contributed by atoms with Crippen LogP contribution in [0.5, 0.6) is 5.75 Å². The van der Waals surface area contributed by atoms with Crippen molar-refractivity contribution >= 4 is 0 Å². The van der Waals surface area contributed by atoms with Gasteiger partial charge in [0.25, 0.3) is 0 Å². The molecule has 2 aliphatic rings.